The second-order valence-electron chi connectivity index (χ2n) is 5.17. The molecule has 0 unspecified atom stereocenters. The van der Waals surface area contributed by atoms with E-state index in [1.165, 1.54) is 11.3 Å². The van der Waals surface area contributed by atoms with E-state index in [1.54, 1.807) is 18.2 Å². The molecule has 22 heavy (non-hydrogen) atoms. The third-order valence-corrected chi connectivity index (χ3v) is 4.49. The van der Waals surface area contributed by atoms with Gasteiger partial charge in [-0.05, 0) is 41.6 Å². The van der Waals surface area contributed by atoms with Crippen LogP contribution in [-0.4, -0.2) is 17.9 Å². The van der Waals surface area contributed by atoms with Crippen molar-refractivity contribution in [1.82, 2.24) is 5.32 Å². The molecule has 0 fully saturated rings. The molecule has 0 spiro atoms. The molecular formula is C16H17BrN2O2S. The monoisotopic (exact) mass is 380 g/mol. The Morgan fingerprint density at radius 2 is 1.82 bits per heavy atom. The van der Waals surface area contributed by atoms with Crippen molar-refractivity contribution < 1.29 is 9.59 Å². The lowest BCUT2D eigenvalue weighted by Crippen LogP contribution is -2.46. The van der Waals surface area contributed by atoms with Crippen LogP contribution in [0.25, 0.3) is 0 Å². The highest BCUT2D eigenvalue weighted by atomic mass is 79.9. The normalized spacial score (nSPS) is 12.0. The quantitative estimate of drug-likeness (QED) is 0.825. The Balaban J connectivity index is 2.05. The standard InChI is InChI=1S/C16H17BrN2O2S/c1-10(2)14(19-15(20)13-4-3-9-22-13)16(21)18-12-7-5-11(17)6-8-12/h3-10,14H,1-2H3,(H,18,21)(H,19,20)/t14-/m1/s1. The summed E-state index contributed by atoms with van der Waals surface area (Å²) in [4.78, 5) is 25.1. The highest BCUT2D eigenvalue weighted by Crippen LogP contribution is 2.16. The van der Waals surface area contributed by atoms with Gasteiger partial charge in [0.15, 0.2) is 0 Å². The number of halogens is 1. The van der Waals surface area contributed by atoms with Gasteiger partial charge in [0.2, 0.25) is 5.91 Å². The van der Waals surface area contributed by atoms with Gasteiger partial charge in [-0.25, -0.2) is 0 Å². The molecule has 2 rings (SSSR count). The van der Waals surface area contributed by atoms with Crippen LogP contribution in [0.5, 0.6) is 0 Å². The van der Waals surface area contributed by atoms with E-state index in [4.69, 9.17) is 0 Å². The predicted molar refractivity (Wildman–Crippen MR) is 93.2 cm³/mol. The van der Waals surface area contributed by atoms with Crippen LogP contribution in [0.3, 0.4) is 0 Å². The Bertz CT molecular complexity index is 639. The van der Waals surface area contributed by atoms with Crippen molar-refractivity contribution in [2.75, 3.05) is 5.32 Å². The van der Waals surface area contributed by atoms with Crippen molar-refractivity contribution in [3.63, 3.8) is 0 Å². The van der Waals surface area contributed by atoms with Crippen molar-refractivity contribution in [2.45, 2.75) is 19.9 Å². The van der Waals surface area contributed by atoms with E-state index in [1.807, 2.05) is 37.4 Å². The average Bonchev–Trinajstić information content (AvgIpc) is 3.00. The van der Waals surface area contributed by atoms with Gasteiger partial charge in [-0.1, -0.05) is 35.8 Å². The molecule has 4 nitrogen and oxygen atoms in total. The van der Waals surface area contributed by atoms with Crippen molar-refractivity contribution in [3.05, 3.63) is 51.1 Å². The SMILES string of the molecule is CC(C)[C@@H](NC(=O)c1cccs1)C(=O)Nc1ccc(Br)cc1. The summed E-state index contributed by atoms with van der Waals surface area (Å²) in [6.07, 6.45) is 0. The van der Waals surface area contributed by atoms with Crippen molar-refractivity contribution >= 4 is 44.8 Å². The van der Waals surface area contributed by atoms with E-state index < -0.39 is 6.04 Å². The molecule has 0 radical (unpaired) electrons. The number of carbonyl (C=O) groups is 2. The maximum absolute atomic E-state index is 12.4. The molecule has 2 N–H and O–H groups in total. The lowest BCUT2D eigenvalue weighted by molar-refractivity contribution is -0.118. The molecule has 2 amide bonds. The second-order valence-corrected chi connectivity index (χ2v) is 7.03. The number of rotatable bonds is 5. The lowest BCUT2D eigenvalue weighted by atomic mass is 10.0. The molecule has 0 aliphatic heterocycles. The van der Waals surface area contributed by atoms with Crippen LogP contribution in [0.2, 0.25) is 0 Å². The lowest BCUT2D eigenvalue weighted by Gasteiger charge is -2.21. The molecule has 1 atom stereocenters. The van der Waals surface area contributed by atoms with Gasteiger partial charge in [-0.2, -0.15) is 0 Å². The van der Waals surface area contributed by atoms with Gasteiger partial charge in [-0.15, -0.1) is 11.3 Å². The highest BCUT2D eigenvalue weighted by Gasteiger charge is 2.25. The molecule has 1 aromatic carbocycles. The van der Waals surface area contributed by atoms with E-state index in [2.05, 4.69) is 26.6 Å². The summed E-state index contributed by atoms with van der Waals surface area (Å²) in [7, 11) is 0. The third kappa shape index (κ3) is 4.42. The first-order chi connectivity index (χ1) is 10.5. The molecule has 0 aliphatic rings. The number of benzene rings is 1. The maximum atomic E-state index is 12.4. The molecule has 0 saturated heterocycles. The van der Waals surface area contributed by atoms with Gasteiger partial charge in [0.25, 0.3) is 5.91 Å². The van der Waals surface area contributed by atoms with E-state index in [9.17, 15) is 9.59 Å². The number of amides is 2. The third-order valence-electron chi connectivity index (χ3n) is 3.09. The van der Waals surface area contributed by atoms with E-state index >= 15 is 0 Å². The molecule has 0 aliphatic carbocycles. The summed E-state index contributed by atoms with van der Waals surface area (Å²) < 4.78 is 0.942. The first-order valence-electron chi connectivity index (χ1n) is 6.88. The smallest absolute Gasteiger partial charge is 0.262 e. The van der Waals surface area contributed by atoms with Crippen LogP contribution in [0.1, 0.15) is 23.5 Å². The molecule has 1 aromatic heterocycles. The summed E-state index contributed by atoms with van der Waals surface area (Å²) in [5, 5.41) is 7.47. The summed E-state index contributed by atoms with van der Waals surface area (Å²) in [6.45, 7) is 3.81. The van der Waals surface area contributed by atoms with E-state index in [-0.39, 0.29) is 17.7 Å². The minimum absolute atomic E-state index is 0.0145. The van der Waals surface area contributed by atoms with Gasteiger partial charge >= 0.3 is 0 Å². The summed E-state index contributed by atoms with van der Waals surface area (Å²) in [5.74, 6) is -0.457. The minimum atomic E-state index is -0.585. The fourth-order valence-corrected chi connectivity index (χ4v) is 2.80. The van der Waals surface area contributed by atoms with Gasteiger partial charge in [-0.3, -0.25) is 9.59 Å². The summed E-state index contributed by atoms with van der Waals surface area (Å²) >= 11 is 4.70. The van der Waals surface area contributed by atoms with Crippen LogP contribution in [0, 0.1) is 5.92 Å². The van der Waals surface area contributed by atoms with Crippen LogP contribution in [0.4, 0.5) is 5.69 Å². The zero-order chi connectivity index (χ0) is 16.1. The number of nitrogens with one attached hydrogen (secondary N) is 2. The number of hydrogen-bond donors (Lipinski definition) is 2. The number of hydrogen-bond acceptors (Lipinski definition) is 3. The Morgan fingerprint density at radius 3 is 2.36 bits per heavy atom. The van der Waals surface area contributed by atoms with Crippen molar-refractivity contribution in [3.8, 4) is 0 Å². The molecule has 116 valence electrons. The van der Waals surface area contributed by atoms with Gasteiger partial charge < -0.3 is 10.6 Å². The van der Waals surface area contributed by atoms with Crippen LogP contribution >= 0.6 is 27.3 Å². The Morgan fingerprint density at radius 1 is 1.14 bits per heavy atom. The van der Waals surface area contributed by atoms with Gasteiger partial charge in [0, 0.05) is 10.2 Å². The molecule has 0 saturated carbocycles. The maximum Gasteiger partial charge on any atom is 0.262 e. The summed E-state index contributed by atoms with van der Waals surface area (Å²) in [5.41, 5.74) is 0.698. The molecule has 1 heterocycles. The Labute approximate surface area is 142 Å². The summed E-state index contributed by atoms with van der Waals surface area (Å²) in [6, 6.07) is 10.3. The topological polar surface area (TPSA) is 58.2 Å². The van der Waals surface area contributed by atoms with Crippen LogP contribution < -0.4 is 10.6 Å². The Kier molecular flexibility index (Phi) is 5.74. The molecule has 2 aromatic rings. The van der Waals surface area contributed by atoms with E-state index in [0.29, 0.717) is 10.6 Å². The Hall–Kier alpha value is -1.66. The zero-order valence-electron chi connectivity index (χ0n) is 12.3. The van der Waals surface area contributed by atoms with Gasteiger partial charge in [0.1, 0.15) is 6.04 Å². The fraction of sp³-hybridized carbons (Fsp3) is 0.250. The molecular weight excluding hydrogens is 364 g/mol. The zero-order valence-corrected chi connectivity index (χ0v) is 14.7. The van der Waals surface area contributed by atoms with Gasteiger partial charge in [0.05, 0.1) is 4.88 Å². The van der Waals surface area contributed by atoms with E-state index in [0.717, 1.165) is 4.47 Å². The minimum Gasteiger partial charge on any atom is -0.339 e. The second kappa shape index (κ2) is 7.56. The largest absolute Gasteiger partial charge is 0.339 e. The molecule has 6 heteroatoms. The number of thiophene rings is 1. The predicted octanol–water partition coefficient (Wildman–Crippen LogP) is 3.90. The van der Waals surface area contributed by atoms with Crippen LogP contribution in [0.15, 0.2) is 46.3 Å². The first-order valence-corrected chi connectivity index (χ1v) is 8.55. The first kappa shape index (κ1) is 16.7. The number of carbonyl (C=O) groups excluding carboxylic acids is 2. The van der Waals surface area contributed by atoms with Crippen LogP contribution in [-0.2, 0) is 4.79 Å². The molecule has 0 bridgehead atoms. The average molecular weight is 381 g/mol. The van der Waals surface area contributed by atoms with Crippen molar-refractivity contribution in [2.24, 2.45) is 5.92 Å². The number of anilines is 1. The van der Waals surface area contributed by atoms with Crippen molar-refractivity contribution in [1.29, 1.82) is 0 Å². The highest BCUT2D eigenvalue weighted by molar-refractivity contribution is 9.10. The fourth-order valence-electron chi connectivity index (χ4n) is 1.91.